The maximum atomic E-state index is 12.5. The fraction of sp³-hybridized carbons (Fsp3) is 0.444. The van der Waals surface area contributed by atoms with Gasteiger partial charge in [0.15, 0.2) is 0 Å². The van der Waals surface area contributed by atoms with E-state index in [9.17, 15) is 9.90 Å². The summed E-state index contributed by atoms with van der Waals surface area (Å²) in [6.07, 6.45) is 5.32. The molecule has 122 valence electrons. The third kappa shape index (κ3) is 3.15. The first kappa shape index (κ1) is 15.7. The molecule has 23 heavy (non-hydrogen) atoms. The van der Waals surface area contributed by atoms with E-state index in [0.717, 1.165) is 42.9 Å². The van der Waals surface area contributed by atoms with Crippen LogP contribution in [-0.2, 0) is 0 Å². The number of hydrogen-bond acceptors (Lipinski definition) is 3. The van der Waals surface area contributed by atoms with Crippen molar-refractivity contribution in [1.82, 2.24) is 14.9 Å². The molecule has 0 aliphatic heterocycles. The highest BCUT2D eigenvalue weighted by Crippen LogP contribution is 2.28. The maximum Gasteiger partial charge on any atom is 0.253 e. The highest BCUT2D eigenvalue weighted by atomic mass is 16.3. The largest absolute Gasteiger partial charge is 0.388 e. The second-order valence-electron chi connectivity index (χ2n) is 6.42. The molecule has 0 radical (unpaired) electrons. The molecular weight excluding hydrogens is 290 g/mol. The molecule has 1 amide bonds. The Bertz CT molecular complexity index is 701. The minimum Gasteiger partial charge on any atom is -0.388 e. The van der Waals surface area contributed by atoms with Crippen LogP contribution in [-0.4, -0.2) is 32.7 Å². The smallest absolute Gasteiger partial charge is 0.253 e. The van der Waals surface area contributed by atoms with Crippen LogP contribution in [0.3, 0.4) is 0 Å². The number of aryl methyl sites for hydroxylation is 1. The van der Waals surface area contributed by atoms with E-state index in [1.807, 2.05) is 42.7 Å². The van der Waals surface area contributed by atoms with E-state index in [4.69, 9.17) is 0 Å². The molecule has 2 aromatic heterocycles. The number of aromatic nitrogens is 2. The Morgan fingerprint density at radius 1 is 1.35 bits per heavy atom. The average molecular weight is 313 g/mol. The minimum atomic E-state index is -0.734. The summed E-state index contributed by atoms with van der Waals surface area (Å²) in [7, 11) is 0. The van der Waals surface area contributed by atoms with Gasteiger partial charge in [-0.05, 0) is 44.9 Å². The Labute approximate surface area is 136 Å². The van der Waals surface area contributed by atoms with Gasteiger partial charge in [-0.1, -0.05) is 18.9 Å². The van der Waals surface area contributed by atoms with Crippen LogP contribution in [0, 0.1) is 13.8 Å². The molecule has 1 fully saturated rings. The first-order valence-electron chi connectivity index (χ1n) is 8.11. The zero-order chi connectivity index (χ0) is 16.4. The van der Waals surface area contributed by atoms with Gasteiger partial charge in [0.2, 0.25) is 0 Å². The number of hydrogen-bond donors (Lipinski definition) is 2. The lowest BCUT2D eigenvalue weighted by Crippen LogP contribution is -2.40. The number of rotatable bonds is 4. The fourth-order valence-corrected chi connectivity index (χ4v) is 3.38. The van der Waals surface area contributed by atoms with E-state index in [1.165, 1.54) is 0 Å². The summed E-state index contributed by atoms with van der Waals surface area (Å²) in [6, 6.07) is 7.59. The Morgan fingerprint density at radius 2 is 2.09 bits per heavy atom. The molecule has 1 aliphatic carbocycles. The highest BCUT2D eigenvalue weighted by molar-refractivity contribution is 5.95. The number of nitrogens with one attached hydrogen (secondary N) is 1. The van der Waals surface area contributed by atoms with Gasteiger partial charge in [-0.2, -0.15) is 0 Å². The molecule has 2 aromatic rings. The van der Waals surface area contributed by atoms with Crippen LogP contribution in [0.15, 0.2) is 30.5 Å². The molecule has 1 saturated carbocycles. The molecule has 2 heterocycles. The van der Waals surface area contributed by atoms with Gasteiger partial charge in [0.25, 0.3) is 5.91 Å². The summed E-state index contributed by atoms with van der Waals surface area (Å²) in [5, 5.41) is 13.3. The summed E-state index contributed by atoms with van der Waals surface area (Å²) >= 11 is 0. The van der Waals surface area contributed by atoms with Crippen LogP contribution < -0.4 is 5.32 Å². The molecule has 3 rings (SSSR count). The highest BCUT2D eigenvalue weighted by Gasteiger charge is 2.31. The van der Waals surface area contributed by atoms with Crippen molar-refractivity contribution >= 4 is 5.91 Å². The molecule has 0 spiro atoms. The van der Waals surface area contributed by atoms with Crippen molar-refractivity contribution < 1.29 is 9.90 Å². The third-order valence-electron chi connectivity index (χ3n) is 4.67. The standard InChI is InChI=1S/C18H23N3O2/c1-13-11-15(14(2)21(13)16-7-3-6-10-19-16)17(22)20-12-18(23)8-4-5-9-18/h3,6-7,10-11,23H,4-5,8-9,12H2,1-2H3,(H,20,22). The molecule has 0 unspecified atom stereocenters. The number of amides is 1. The van der Waals surface area contributed by atoms with Gasteiger partial charge in [0.1, 0.15) is 5.82 Å². The van der Waals surface area contributed by atoms with Crippen LogP contribution in [0.25, 0.3) is 5.82 Å². The van der Waals surface area contributed by atoms with E-state index < -0.39 is 5.60 Å². The Balaban J connectivity index is 1.79. The monoisotopic (exact) mass is 313 g/mol. The first-order chi connectivity index (χ1) is 11.0. The van der Waals surface area contributed by atoms with E-state index >= 15 is 0 Å². The lowest BCUT2D eigenvalue weighted by Gasteiger charge is -2.22. The number of carbonyl (C=O) groups excluding carboxylic acids is 1. The molecule has 1 aliphatic rings. The lowest BCUT2D eigenvalue weighted by atomic mass is 10.0. The fourth-order valence-electron chi connectivity index (χ4n) is 3.38. The summed E-state index contributed by atoms with van der Waals surface area (Å²) in [4.78, 5) is 16.9. The van der Waals surface area contributed by atoms with Crippen molar-refractivity contribution in [3.8, 4) is 5.82 Å². The summed E-state index contributed by atoms with van der Waals surface area (Å²) in [5.41, 5.74) is 1.72. The van der Waals surface area contributed by atoms with E-state index in [0.29, 0.717) is 12.1 Å². The number of nitrogens with zero attached hydrogens (tertiary/aromatic N) is 2. The van der Waals surface area contributed by atoms with Gasteiger partial charge >= 0.3 is 0 Å². The molecule has 0 aromatic carbocycles. The molecule has 2 N–H and O–H groups in total. The van der Waals surface area contributed by atoms with Crippen molar-refractivity contribution in [1.29, 1.82) is 0 Å². The van der Waals surface area contributed by atoms with Gasteiger partial charge in [-0.25, -0.2) is 4.98 Å². The molecule has 0 bridgehead atoms. The molecule has 0 atom stereocenters. The average Bonchev–Trinajstić information content (AvgIpc) is 3.10. The van der Waals surface area contributed by atoms with Crippen LogP contribution in [0.5, 0.6) is 0 Å². The van der Waals surface area contributed by atoms with Crippen molar-refractivity contribution in [2.24, 2.45) is 0 Å². The van der Waals surface area contributed by atoms with Crippen molar-refractivity contribution in [3.63, 3.8) is 0 Å². The van der Waals surface area contributed by atoms with E-state index in [1.54, 1.807) is 6.20 Å². The zero-order valence-electron chi connectivity index (χ0n) is 13.7. The third-order valence-corrected chi connectivity index (χ3v) is 4.67. The van der Waals surface area contributed by atoms with Gasteiger partial charge in [0, 0.05) is 24.1 Å². The second kappa shape index (κ2) is 6.16. The van der Waals surface area contributed by atoms with Gasteiger partial charge in [-0.15, -0.1) is 0 Å². The predicted octanol–water partition coefficient (Wildman–Crippen LogP) is 2.52. The SMILES string of the molecule is Cc1cc(C(=O)NCC2(O)CCCC2)c(C)n1-c1ccccn1. The quantitative estimate of drug-likeness (QED) is 0.911. The maximum absolute atomic E-state index is 12.5. The molecule has 5 heteroatoms. The molecule has 0 saturated heterocycles. The van der Waals surface area contributed by atoms with Crippen LogP contribution in [0.2, 0.25) is 0 Å². The normalized spacial score (nSPS) is 16.5. The van der Waals surface area contributed by atoms with Crippen LogP contribution in [0.4, 0.5) is 0 Å². The van der Waals surface area contributed by atoms with Crippen molar-refractivity contribution in [3.05, 3.63) is 47.4 Å². The van der Waals surface area contributed by atoms with Gasteiger partial charge < -0.3 is 15.0 Å². The Hall–Kier alpha value is -2.14. The van der Waals surface area contributed by atoms with E-state index in [2.05, 4.69) is 10.3 Å². The van der Waals surface area contributed by atoms with E-state index in [-0.39, 0.29) is 5.91 Å². The minimum absolute atomic E-state index is 0.138. The lowest BCUT2D eigenvalue weighted by molar-refractivity contribution is 0.0449. The summed E-state index contributed by atoms with van der Waals surface area (Å²) in [6.45, 7) is 4.20. The second-order valence-corrected chi connectivity index (χ2v) is 6.42. The topological polar surface area (TPSA) is 67.2 Å². The zero-order valence-corrected chi connectivity index (χ0v) is 13.7. The van der Waals surface area contributed by atoms with Gasteiger partial charge in [-0.3, -0.25) is 4.79 Å². The molecule has 5 nitrogen and oxygen atoms in total. The Kier molecular flexibility index (Phi) is 4.22. The summed E-state index contributed by atoms with van der Waals surface area (Å²) < 4.78 is 1.97. The van der Waals surface area contributed by atoms with Gasteiger partial charge in [0.05, 0.1) is 11.2 Å². The summed E-state index contributed by atoms with van der Waals surface area (Å²) in [5.74, 6) is 0.663. The molecular formula is C18H23N3O2. The first-order valence-corrected chi connectivity index (χ1v) is 8.11. The van der Waals surface area contributed by atoms with Crippen molar-refractivity contribution in [2.75, 3.05) is 6.54 Å². The van der Waals surface area contributed by atoms with Crippen LogP contribution >= 0.6 is 0 Å². The predicted molar refractivity (Wildman–Crippen MR) is 88.8 cm³/mol. The van der Waals surface area contributed by atoms with Crippen molar-refractivity contribution in [2.45, 2.75) is 45.1 Å². The number of aliphatic hydroxyl groups is 1. The number of pyridine rings is 1. The number of carbonyl (C=O) groups is 1. The van der Waals surface area contributed by atoms with Crippen LogP contribution in [0.1, 0.15) is 47.4 Å². The Morgan fingerprint density at radius 3 is 2.74 bits per heavy atom.